The molecule has 0 atom stereocenters. The van der Waals surface area contributed by atoms with Crippen LogP contribution in [0.3, 0.4) is 0 Å². The molecule has 98 valence electrons. The maximum atomic E-state index is 12.4. The molecule has 0 spiro atoms. The number of nitrogens with zero attached hydrogens (tertiary/aromatic N) is 1. The fourth-order valence-corrected chi connectivity index (χ4v) is 3.79. The molecule has 0 aliphatic carbocycles. The predicted octanol–water partition coefficient (Wildman–Crippen LogP) is 1.42. The summed E-state index contributed by atoms with van der Waals surface area (Å²) in [7, 11) is -3.57. The minimum Gasteiger partial charge on any atom is -0.465 e. The molecule has 0 amide bonds. The number of sulfonamides is 1. The highest BCUT2D eigenvalue weighted by Crippen LogP contribution is 2.29. The molecule has 0 unspecified atom stereocenters. The average molecular weight is 261 g/mol. The van der Waals surface area contributed by atoms with Gasteiger partial charge in [-0.1, -0.05) is 13.8 Å². The molecule has 0 saturated heterocycles. The largest absolute Gasteiger partial charge is 0.465 e. The van der Waals surface area contributed by atoms with Crippen LogP contribution in [0.25, 0.3) is 0 Å². The molecule has 1 N–H and O–H groups in total. The molecule has 0 fully saturated rings. The number of aryl methyl sites for hydroxylation is 2. The van der Waals surface area contributed by atoms with E-state index in [1.165, 1.54) is 4.31 Å². The van der Waals surface area contributed by atoms with Crippen LogP contribution in [0, 0.1) is 13.8 Å². The third-order valence-electron chi connectivity index (χ3n) is 2.79. The highest BCUT2D eigenvalue weighted by Gasteiger charge is 2.30. The Morgan fingerprint density at radius 1 is 1.18 bits per heavy atom. The Hall–Kier alpha value is -0.850. The molecule has 0 radical (unpaired) electrons. The van der Waals surface area contributed by atoms with Crippen molar-refractivity contribution in [2.75, 3.05) is 13.1 Å². The number of aliphatic hydroxyl groups excluding tert-OH is 1. The number of furan rings is 1. The van der Waals surface area contributed by atoms with Gasteiger partial charge in [-0.15, -0.1) is 0 Å². The maximum absolute atomic E-state index is 12.4. The van der Waals surface area contributed by atoms with E-state index in [9.17, 15) is 13.5 Å². The van der Waals surface area contributed by atoms with Gasteiger partial charge in [0.05, 0.1) is 6.61 Å². The van der Waals surface area contributed by atoms with E-state index in [2.05, 4.69) is 0 Å². The van der Waals surface area contributed by atoms with Crippen LogP contribution in [0.1, 0.15) is 30.9 Å². The van der Waals surface area contributed by atoms with Crippen LogP contribution in [0.5, 0.6) is 0 Å². The zero-order chi connectivity index (χ0) is 13.2. The van der Waals surface area contributed by atoms with Crippen molar-refractivity contribution < 1.29 is 17.9 Å². The van der Waals surface area contributed by atoms with E-state index < -0.39 is 10.0 Å². The summed E-state index contributed by atoms with van der Waals surface area (Å²) in [6.45, 7) is 7.27. The van der Waals surface area contributed by atoms with Gasteiger partial charge in [-0.25, -0.2) is 8.42 Å². The van der Waals surface area contributed by atoms with Gasteiger partial charge >= 0.3 is 0 Å². The highest BCUT2D eigenvalue weighted by molar-refractivity contribution is 7.89. The van der Waals surface area contributed by atoms with Crippen LogP contribution < -0.4 is 0 Å². The standard InChI is InChI=1S/C11H19NO4S/c1-5-12(6-2)17(14,15)11-9(4)16-8(3)10(11)7-13/h13H,5-7H2,1-4H3. The van der Waals surface area contributed by atoms with E-state index in [1.807, 2.05) is 0 Å². The molecule has 1 heterocycles. The minimum absolute atomic E-state index is 0.112. The predicted molar refractivity (Wildman–Crippen MR) is 64.2 cm³/mol. The van der Waals surface area contributed by atoms with Gasteiger partial charge in [0.2, 0.25) is 10.0 Å². The summed E-state index contributed by atoms with van der Waals surface area (Å²) in [5.74, 6) is 0.786. The van der Waals surface area contributed by atoms with E-state index in [-0.39, 0.29) is 11.5 Å². The van der Waals surface area contributed by atoms with Crippen LogP contribution in [-0.4, -0.2) is 30.9 Å². The second kappa shape index (κ2) is 5.20. The summed E-state index contributed by atoms with van der Waals surface area (Å²) in [6.07, 6.45) is 0. The van der Waals surface area contributed by atoms with Gasteiger partial charge < -0.3 is 9.52 Å². The first-order valence-electron chi connectivity index (χ1n) is 5.59. The second-order valence-corrected chi connectivity index (χ2v) is 5.64. The molecule has 1 aromatic heterocycles. The third-order valence-corrected chi connectivity index (χ3v) is 5.03. The molecular formula is C11H19NO4S. The fourth-order valence-electron chi connectivity index (χ4n) is 1.92. The molecule has 0 aromatic carbocycles. The lowest BCUT2D eigenvalue weighted by molar-refractivity contribution is 0.276. The van der Waals surface area contributed by atoms with Crippen molar-refractivity contribution in [2.24, 2.45) is 0 Å². The molecule has 5 nitrogen and oxygen atoms in total. The van der Waals surface area contributed by atoms with E-state index in [0.29, 0.717) is 30.2 Å². The van der Waals surface area contributed by atoms with Gasteiger partial charge in [-0.2, -0.15) is 4.31 Å². The smallest absolute Gasteiger partial charge is 0.246 e. The van der Waals surface area contributed by atoms with Crippen LogP contribution in [-0.2, 0) is 16.6 Å². The van der Waals surface area contributed by atoms with E-state index in [1.54, 1.807) is 27.7 Å². The van der Waals surface area contributed by atoms with E-state index in [4.69, 9.17) is 4.42 Å². The summed E-state index contributed by atoms with van der Waals surface area (Å²) in [4.78, 5) is 0.112. The van der Waals surface area contributed by atoms with Gasteiger partial charge in [0.15, 0.2) is 0 Å². The lowest BCUT2D eigenvalue weighted by atomic mass is 10.2. The summed E-state index contributed by atoms with van der Waals surface area (Å²) in [5, 5.41) is 9.26. The second-order valence-electron chi connectivity index (χ2n) is 3.77. The minimum atomic E-state index is -3.57. The van der Waals surface area contributed by atoms with Crippen molar-refractivity contribution >= 4 is 10.0 Å². The summed E-state index contributed by atoms with van der Waals surface area (Å²) in [5.41, 5.74) is 0.356. The lowest BCUT2D eigenvalue weighted by Crippen LogP contribution is -2.31. The van der Waals surface area contributed by atoms with E-state index >= 15 is 0 Å². The average Bonchev–Trinajstić information content (AvgIpc) is 2.54. The first-order valence-corrected chi connectivity index (χ1v) is 7.03. The molecule has 1 aromatic rings. The Morgan fingerprint density at radius 3 is 2.12 bits per heavy atom. The lowest BCUT2D eigenvalue weighted by Gasteiger charge is -2.18. The Labute approximate surface area is 102 Å². The highest BCUT2D eigenvalue weighted by atomic mass is 32.2. The summed E-state index contributed by atoms with van der Waals surface area (Å²) >= 11 is 0. The molecule has 6 heteroatoms. The van der Waals surface area contributed by atoms with Crippen molar-refractivity contribution in [1.82, 2.24) is 4.31 Å². The monoisotopic (exact) mass is 261 g/mol. The Balaban J connectivity index is 3.42. The van der Waals surface area contributed by atoms with Crippen molar-refractivity contribution in [2.45, 2.75) is 39.2 Å². The van der Waals surface area contributed by atoms with Gasteiger partial charge in [-0.3, -0.25) is 0 Å². The number of rotatable bonds is 5. The molecule has 0 bridgehead atoms. The van der Waals surface area contributed by atoms with Gasteiger partial charge in [-0.05, 0) is 13.8 Å². The van der Waals surface area contributed by atoms with Crippen LogP contribution >= 0.6 is 0 Å². The molecule has 1 rings (SSSR count). The van der Waals surface area contributed by atoms with Crippen molar-refractivity contribution in [1.29, 1.82) is 0 Å². The summed E-state index contributed by atoms with van der Waals surface area (Å²) < 4.78 is 31.4. The number of aliphatic hydroxyl groups is 1. The first-order chi connectivity index (χ1) is 7.89. The van der Waals surface area contributed by atoms with Crippen molar-refractivity contribution in [3.8, 4) is 0 Å². The molecule has 0 aliphatic rings. The van der Waals surface area contributed by atoms with Crippen LogP contribution in [0.15, 0.2) is 9.31 Å². The third kappa shape index (κ3) is 2.38. The Morgan fingerprint density at radius 2 is 1.71 bits per heavy atom. The van der Waals surface area contributed by atoms with E-state index in [0.717, 1.165) is 0 Å². The number of hydrogen-bond acceptors (Lipinski definition) is 4. The van der Waals surface area contributed by atoms with Crippen LogP contribution in [0.4, 0.5) is 0 Å². The zero-order valence-electron chi connectivity index (χ0n) is 10.6. The normalized spacial score (nSPS) is 12.4. The fraction of sp³-hybridized carbons (Fsp3) is 0.636. The topological polar surface area (TPSA) is 70.8 Å². The maximum Gasteiger partial charge on any atom is 0.246 e. The SMILES string of the molecule is CCN(CC)S(=O)(=O)c1c(C)oc(C)c1CO. The Bertz CT molecular complexity index is 486. The first kappa shape index (κ1) is 14.2. The van der Waals surface area contributed by atoms with Crippen LogP contribution in [0.2, 0.25) is 0 Å². The van der Waals surface area contributed by atoms with Crippen molar-refractivity contribution in [3.05, 3.63) is 17.1 Å². The Kier molecular flexibility index (Phi) is 4.35. The van der Waals surface area contributed by atoms with Gasteiger partial charge in [0, 0.05) is 18.7 Å². The quantitative estimate of drug-likeness (QED) is 0.870. The molecule has 0 saturated carbocycles. The molecule has 0 aliphatic heterocycles. The van der Waals surface area contributed by atoms with Crippen molar-refractivity contribution in [3.63, 3.8) is 0 Å². The molecular weight excluding hydrogens is 242 g/mol. The summed E-state index contributed by atoms with van der Waals surface area (Å²) in [6, 6.07) is 0. The van der Waals surface area contributed by atoms with Gasteiger partial charge in [0.1, 0.15) is 16.4 Å². The molecule has 17 heavy (non-hydrogen) atoms. The zero-order valence-corrected chi connectivity index (χ0v) is 11.5. The number of hydrogen-bond donors (Lipinski definition) is 1. The van der Waals surface area contributed by atoms with Gasteiger partial charge in [0.25, 0.3) is 0 Å².